The van der Waals surface area contributed by atoms with Crippen LogP contribution in [0.2, 0.25) is 0 Å². The molecule has 1 N–H and O–H groups in total. The predicted molar refractivity (Wildman–Crippen MR) is 86.9 cm³/mol. The molecule has 0 spiro atoms. The number of pyridine rings is 1. The number of aromatic nitrogens is 1. The monoisotopic (exact) mass is 315 g/mol. The summed E-state index contributed by atoms with van der Waals surface area (Å²) >= 11 is 0. The van der Waals surface area contributed by atoms with E-state index in [0.717, 1.165) is 0 Å². The van der Waals surface area contributed by atoms with E-state index >= 15 is 0 Å². The third-order valence-corrected chi connectivity index (χ3v) is 3.60. The number of carbonyl (C=O) groups excluding carboxylic acids is 1. The number of Topliss-reactive ketones (excluding diaryl/α,β-unsaturated/α-hetero) is 1. The summed E-state index contributed by atoms with van der Waals surface area (Å²) in [7, 11) is 1.56. The lowest BCUT2D eigenvalue weighted by molar-refractivity contribution is 0.0429. The van der Waals surface area contributed by atoms with Gasteiger partial charge in [-0.15, -0.1) is 0 Å². The molecule has 1 heterocycles. The van der Waals surface area contributed by atoms with E-state index in [4.69, 9.17) is 9.47 Å². The van der Waals surface area contributed by atoms with Crippen molar-refractivity contribution in [2.75, 3.05) is 13.7 Å². The van der Waals surface area contributed by atoms with Crippen molar-refractivity contribution in [3.8, 4) is 11.5 Å². The second-order valence-electron chi connectivity index (χ2n) is 5.40. The molecule has 5 nitrogen and oxygen atoms in total. The van der Waals surface area contributed by atoms with Gasteiger partial charge in [0.15, 0.2) is 5.78 Å². The largest absolute Gasteiger partial charge is 0.497 e. The number of nitrogens with zero attached hydrogens (tertiary/aromatic N) is 1. The summed E-state index contributed by atoms with van der Waals surface area (Å²) in [6.07, 6.45) is 3.13. The molecular weight excluding hydrogens is 294 g/mol. The van der Waals surface area contributed by atoms with Crippen molar-refractivity contribution in [2.45, 2.75) is 25.9 Å². The molecule has 0 amide bonds. The number of benzene rings is 1. The Morgan fingerprint density at radius 3 is 2.57 bits per heavy atom. The number of aliphatic hydroxyl groups is 1. The molecule has 0 saturated carbocycles. The van der Waals surface area contributed by atoms with Gasteiger partial charge < -0.3 is 14.6 Å². The van der Waals surface area contributed by atoms with Gasteiger partial charge >= 0.3 is 0 Å². The van der Waals surface area contributed by atoms with Gasteiger partial charge in [-0.2, -0.15) is 0 Å². The summed E-state index contributed by atoms with van der Waals surface area (Å²) in [6, 6.07) is 8.44. The van der Waals surface area contributed by atoms with Gasteiger partial charge in [-0.3, -0.25) is 9.78 Å². The summed E-state index contributed by atoms with van der Waals surface area (Å²) in [5.41, 5.74) is -0.196. The first-order valence-electron chi connectivity index (χ1n) is 7.45. The molecular formula is C18H21NO4. The van der Waals surface area contributed by atoms with Crippen molar-refractivity contribution in [3.05, 3.63) is 53.9 Å². The highest BCUT2D eigenvalue weighted by Crippen LogP contribution is 2.30. The van der Waals surface area contributed by atoms with Crippen LogP contribution in [0.3, 0.4) is 0 Å². The van der Waals surface area contributed by atoms with Crippen molar-refractivity contribution in [2.24, 2.45) is 0 Å². The second-order valence-corrected chi connectivity index (χ2v) is 5.40. The quantitative estimate of drug-likeness (QED) is 0.796. The molecule has 1 atom stereocenters. The van der Waals surface area contributed by atoms with Crippen LogP contribution in [0.1, 0.15) is 36.2 Å². The average molecular weight is 315 g/mol. The smallest absolute Gasteiger partial charge is 0.169 e. The normalized spacial score (nSPS) is 13.2. The van der Waals surface area contributed by atoms with E-state index in [0.29, 0.717) is 29.2 Å². The van der Waals surface area contributed by atoms with Crippen LogP contribution in [0.25, 0.3) is 0 Å². The van der Waals surface area contributed by atoms with E-state index < -0.39 is 5.60 Å². The SMILES string of the molecule is CCOc1cc(OC)ccc1C(=O)CC(C)(O)c1ccncc1. The fourth-order valence-corrected chi connectivity index (χ4v) is 2.36. The minimum atomic E-state index is -1.27. The van der Waals surface area contributed by atoms with Gasteiger partial charge in [0.1, 0.15) is 11.5 Å². The lowest BCUT2D eigenvalue weighted by Gasteiger charge is -2.23. The van der Waals surface area contributed by atoms with Crippen LogP contribution in [0.5, 0.6) is 11.5 Å². The molecule has 1 aromatic heterocycles. The van der Waals surface area contributed by atoms with Crippen molar-refractivity contribution in [1.29, 1.82) is 0 Å². The number of ether oxygens (including phenoxy) is 2. The third-order valence-electron chi connectivity index (χ3n) is 3.60. The zero-order valence-corrected chi connectivity index (χ0v) is 13.6. The molecule has 0 radical (unpaired) electrons. The molecule has 1 unspecified atom stereocenters. The van der Waals surface area contributed by atoms with Crippen LogP contribution in [-0.4, -0.2) is 29.6 Å². The highest BCUT2D eigenvalue weighted by molar-refractivity contribution is 5.99. The summed E-state index contributed by atoms with van der Waals surface area (Å²) in [4.78, 5) is 16.6. The lowest BCUT2D eigenvalue weighted by atomic mass is 9.89. The minimum absolute atomic E-state index is 0.0522. The molecule has 0 aliphatic rings. The molecule has 0 fully saturated rings. The van der Waals surface area contributed by atoms with Crippen molar-refractivity contribution in [3.63, 3.8) is 0 Å². The maximum absolute atomic E-state index is 12.6. The Hall–Kier alpha value is -2.40. The Labute approximate surface area is 135 Å². The number of ketones is 1. The van der Waals surface area contributed by atoms with Gasteiger partial charge in [0.25, 0.3) is 0 Å². The number of hydrogen-bond donors (Lipinski definition) is 1. The Morgan fingerprint density at radius 2 is 1.96 bits per heavy atom. The predicted octanol–water partition coefficient (Wildman–Crippen LogP) is 2.97. The average Bonchev–Trinajstić information content (AvgIpc) is 2.55. The van der Waals surface area contributed by atoms with Crippen LogP contribution in [-0.2, 0) is 5.60 Å². The molecule has 122 valence electrons. The summed E-state index contributed by atoms with van der Waals surface area (Å²) < 4.78 is 10.7. The highest BCUT2D eigenvalue weighted by atomic mass is 16.5. The molecule has 23 heavy (non-hydrogen) atoms. The van der Waals surface area contributed by atoms with E-state index in [1.54, 1.807) is 56.8 Å². The Balaban J connectivity index is 2.26. The van der Waals surface area contributed by atoms with Crippen molar-refractivity contribution >= 4 is 5.78 Å². The van der Waals surface area contributed by atoms with Gasteiger partial charge in [-0.05, 0) is 43.7 Å². The standard InChI is InChI=1S/C18H21NO4/c1-4-23-17-11-14(22-3)5-6-15(17)16(20)12-18(2,21)13-7-9-19-10-8-13/h5-11,21H,4,12H2,1-3H3. The Morgan fingerprint density at radius 1 is 1.26 bits per heavy atom. The number of rotatable bonds is 7. The topological polar surface area (TPSA) is 68.7 Å². The molecule has 0 aliphatic heterocycles. The molecule has 2 rings (SSSR count). The molecule has 0 aliphatic carbocycles. The summed E-state index contributed by atoms with van der Waals surface area (Å²) in [5.74, 6) is 0.881. The zero-order valence-electron chi connectivity index (χ0n) is 13.6. The van der Waals surface area contributed by atoms with E-state index in [-0.39, 0.29) is 12.2 Å². The van der Waals surface area contributed by atoms with Gasteiger partial charge in [0.2, 0.25) is 0 Å². The number of hydrogen-bond acceptors (Lipinski definition) is 5. The van der Waals surface area contributed by atoms with Crippen LogP contribution in [0, 0.1) is 0 Å². The fraction of sp³-hybridized carbons (Fsp3) is 0.333. The van der Waals surface area contributed by atoms with Crippen LogP contribution in [0.15, 0.2) is 42.7 Å². The van der Waals surface area contributed by atoms with Crippen LogP contribution >= 0.6 is 0 Å². The van der Waals surface area contributed by atoms with Crippen molar-refractivity contribution < 1.29 is 19.4 Å². The maximum atomic E-state index is 12.6. The summed E-state index contributed by atoms with van der Waals surface area (Å²) in [6.45, 7) is 3.90. The number of carbonyl (C=O) groups is 1. The Kier molecular flexibility index (Phi) is 5.34. The molecule has 1 aromatic carbocycles. The third kappa shape index (κ3) is 4.07. The van der Waals surface area contributed by atoms with Crippen molar-refractivity contribution in [1.82, 2.24) is 4.98 Å². The zero-order chi connectivity index (χ0) is 16.9. The first-order chi connectivity index (χ1) is 11.0. The molecule has 2 aromatic rings. The van der Waals surface area contributed by atoms with Gasteiger partial charge in [0, 0.05) is 24.9 Å². The number of methoxy groups -OCH3 is 1. The van der Waals surface area contributed by atoms with E-state index in [2.05, 4.69) is 4.98 Å². The van der Waals surface area contributed by atoms with Gasteiger partial charge in [-0.25, -0.2) is 0 Å². The molecule has 0 saturated heterocycles. The van der Waals surface area contributed by atoms with Crippen LogP contribution in [0.4, 0.5) is 0 Å². The van der Waals surface area contributed by atoms with E-state index in [9.17, 15) is 9.90 Å². The maximum Gasteiger partial charge on any atom is 0.169 e. The molecule has 5 heteroatoms. The highest BCUT2D eigenvalue weighted by Gasteiger charge is 2.28. The minimum Gasteiger partial charge on any atom is -0.497 e. The molecule has 0 bridgehead atoms. The first-order valence-corrected chi connectivity index (χ1v) is 7.45. The van der Waals surface area contributed by atoms with Crippen LogP contribution < -0.4 is 9.47 Å². The van der Waals surface area contributed by atoms with E-state index in [1.165, 1.54) is 0 Å². The lowest BCUT2D eigenvalue weighted by Crippen LogP contribution is -2.25. The second kappa shape index (κ2) is 7.24. The first kappa shape index (κ1) is 17.0. The Bertz CT molecular complexity index is 668. The fourth-order valence-electron chi connectivity index (χ4n) is 2.36. The van der Waals surface area contributed by atoms with Gasteiger partial charge in [-0.1, -0.05) is 0 Å². The van der Waals surface area contributed by atoms with Gasteiger partial charge in [0.05, 0.1) is 24.9 Å². The van der Waals surface area contributed by atoms with E-state index in [1.807, 2.05) is 6.92 Å². The summed E-state index contributed by atoms with van der Waals surface area (Å²) in [5, 5.41) is 10.6.